The number of carbonyl (C=O) groups excluding carboxylic acids is 3. The number of rotatable bonds is 2. The highest BCUT2D eigenvalue weighted by molar-refractivity contribution is 5.96. The molecule has 4 heteroatoms. The van der Waals surface area contributed by atoms with Crippen LogP contribution in [0.2, 0.25) is 0 Å². The molecule has 7 atom stereocenters. The van der Waals surface area contributed by atoms with Crippen molar-refractivity contribution >= 4 is 17.5 Å². The second kappa shape index (κ2) is 7.79. The molecule has 0 aromatic carbocycles. The van der Waals surface area contributed by atoms with Crippen LogP contribution in [0.3, 0.4) is 0 Å². The molecule has 200 valence electrons. The van der Waals surface area contributed by atoms with Crippen LogP contribution in [0, 0.1) is 50.2 Å². The molecule has 0 aromatic heterocycles. The summed E-state index contributed by atoms with van der Waals surface area (Å²) in [5.41, 5.74) is 0.117. The molecule has 0 saturated heterocycles. The molecule has 0 heterocycles. The van der Waals surface area contributed by atoms with Gasteiger partial charge in [-0.15, -0.1) is 0 Å². The fourth-order valence-electron chi connectivity index (χ4n) is 10.4. The highest BCUT2D eigenvalue weighted by Gasteiger charge is 2.71. The molecule has 4 nitrogen and oxygen atoms in total. The first-order valence-electron chi connectivity index (χ1n) is 14.6. The molecule has 1 unspecified atom stereocenters. The fraction of sp³-hybridized carbons (Fsp3) is 0.844. The van der Waals surface area contributed by atoms with Gasteiger partial charge < -0.3 is 4.74 Å². The van der Waals surface area contributed by atoms with E-state index in [2.05, 4.69) is 48.5 Å². The first kappa shape index (κ1) is 26.2. The van der Waals surface area contributed by atoms with E-state index in [1.807, 2.05) is 13.0 Å². The minimum Gasteiger partial charge on any atom is -0.466 e. The minimum absolute atomic E-state index is 0.0241. The van der Waals surface area contributed by atoms with E-state index in [4.69, 9.17) is 4.74 Å². The number of esters is 1. The summed E-state index contributed by atoms with van der Waals surface area (Å²) in [5, 5.41) is 0. The van der Waals surface area contributed by atoms with Gasteiger partial charge in [0.1, 0.15) is 5.78 Å². The quantitative estimate of drug-likeness (QED) is 0.383. The molecule has 0 radical (unpaired) electrons. The smallest absolute Gasteiger partial charge is 0.312 e. The molecular weight excluding hydrogens is 448 g/mol. The Morgan fingerprint density at radius 3 is 2.28 bits per heavy atom. The molecule has 0 bridgehead atoms. The van der Waals surface area contributed by atoms with Gasteiger partial charge in [0, 0.05) is 17.8 Å². The summed E-state index contributed by atoms with van der Waals surface area (Å²) in [7, 11) is 0. The predicted octanol–water partition coefficient (Wildman–Crippen LogP) is 7.10. The molecule has 0 N–H and O–H groups in total. The highest BCUT2D eigenvalue weighted by atomic mass is 16.5. The van der Waals surface area contributed by atoms with E-state index in [0.717, 1.165) is 51.4 Å². The third-order valence-corrected chi connectivity index (χ3v) is 12.8. The van der Waals surface area contributed by atoms with E-state index < -0.39 is 5.41 Å². The maximum Gasteiger partial charge on any atom is 0.312 e. The molecule has 5 rings (SSSR count). The summed E-state index contributed by atoms with van der Waals surface area (Å²) in [4.78, 5) is 40.9. The van der Waals surface area contributed by atoms with Gasteiger partial charge in [0.25, 0.3) is 0 Å². The Hall–Kier alpha value is -1.45. The standard InChI is InChI=1S/C32H48O4/c1-9-36-26(35)32-16-14-27(2,3)19-20(32)25-21(33)18-23-29(6)12-11-24(34)28(4,5)22(29)10-13-30(23,7)31(25,8)15-17-32/h18,20,22,25H,9-17,19H2,1-8H3/t20-,22-,25?,29-,30+,31+,32-/m0/s1. The zero-order valence-corrected chi connectivity index (χ0v) is 24.0. The molecule has 0 aliphatic heterocycles. The van der Waals surface area contributed by atoms with Gasteiger partial charge >= 0.3 is 5.97 Å². The molecular formula is C32H48O4. The number of Topliss-reactive ketones (excluding diaryl/α,β-unsaturated/α-hetero) is 1. The zero-order chi connectivity index (χ0) is 26.5. The number of hydrogen-bond donors (Lipinski definition) is 0. The molecule has 0 spiro atoms. The zero-order valence-electron chi connectivity index (χ0n) is 24.0. The average molecular weight is 497 g/mol. The van der Waals surface area contributed by atoms with Crippen molar-refractivity contribution in [3.63, 3.8) is 0 Å². The number of carbonyl (C=O) groups is 3. The maximum atomic E-state index is 14.4. The van der Waals surface area contributed by atoms with Crippen LogP contribution in [0.15, 0.2) is 11.6 Å². The van der Waals surface area contributed by atoms with Crippen LogP contribution in [-0.4, -0.2) is 24.1 Å². The number of fused-ring (bicyclic) bond motifs is 7. The Labute approximate surface area is 218 Å². The molecule has 5 aliphatic rings. The Balaban J connectivity index is 1.64. The Morgan fingerprint density at radius 1 is 0.944 bits per heavy atom. The van der Waals surface area contributed by atoms with Crippen molar-refractivity contribution in [3.05, 3.63) is 11.6 Å². The van der Waals surface area contributed by atoms with E-state index in [1.54, 1.807) is 0 Å². The lowest BCUT2D eigenvalue weighted by Gasteiger charge is -2.69. The van der Waals surface area contributed by atoms with Gasteiger partial charge in [-0.25, -0.2) is 0 Å². The van der Waals surface area contributed by atoms with E-state index in [-0.39, 0.29) is 56.6 Å². The van der Waals surface area contributed by atoms with Crippen LogP contribution < -0.4 is 0 Å². The van der Waals surface area contributed by atoms with Gasteiger partial charge in [-0.1, -0.05) is 54.0 Å². The molecule has 0 aromatic rings. The third-order valence-electron chi connectivity index (χ3n) is 12.8. The van der Waals surface area contributed by atoms with Gasteiger partial charge in [0.05, 0.1) is 12.0 Å². The minimum atomic E-state index is -0.534. The topological polar surface area (TPSA) is 60.4 Å². The Bertz CT molecular complexity index is 1030. The van der Waals surface area contributed by atoms with Crippen LogP contribution in [-0.2, 0) is 19.1 Å². The van der Waals surface area contributed by atoms with Crippen molar-refractivity contribution in [3.8, 4) is 0 Å². The van der Waals surface area contributed by atoms with E-state index >= 15 is 0 Å². The Kier molecular flexibility index (Phi) is 5.66. The predicted molar refractivity (Wildman–Crippen MR) is 141 cm³/mol. The van der Waals surface area contributed by atoms with Gasteiger partial charge in [-0.05, 0) is 97.9 Å². The molecule has 5 aliphatic carbocycles. The molecule has 4 saturated carbocycles. The third kappa shape index (κ3) is 3.14. The maximum absolute atomic E-state index is 14.4. The number of allylic oxidation sites excluding steroid dienone is 2. The van der Waals surface area contributed by atoms with Crippen molar-refractivity contribution in [1.82, 2.24) is 0 Å². The van der Waals surface area contributed by atoms with Crippen LogP contribution >= 0.6 is 0 Å². The van der Waals surface area contributed by atoms with Gasteiger partial charge in [-0.2, -0.15) is 0 Å². The molecule has 0 amide bonds. The number of ketones is 2. The van der Waals surface area contributed by atoms with Crippen molar-refractivity contribution in [2.75, 3.05) is 6.61 Å². The second-order valence-corrected chi connectivity index (χ2v) is 15.2. The van der Waals surface area contributed by atoms with Gasteiger partial charge in [0.2, 0.25) is 0 Å². The lowest BCUT2D eigenvalue weighted by molar-refractivity contribution is -0.194. The molecule has 4 fully saturated rings. The lowest BCUT2D eigenvalue weighted by atomic mass is 9.34. The summed E-state index contributed by atoms with van der Waals surface area (Å²) in [6.45, 7) is 18.3. The van der Waals surface area contributed by atoms with Crippen molar-refractivity contribution in [1.29, 1.82) is 0 Å². The van der Waals surface area contributed by atoms with E-state index in [1.165, 1.54) is 5.57 Å². The second-order valence-electron chi connectivity index (χ2n) is 15.2. The summed E-state index contributed by atoms with van der Waals surface area (Å²) < 4.78 is 5.71. The van der Waals surface area contributed by atoms with Crippen LogP contribution in [0.4, 0.5) is 0 Å². The number of ether oxygens (including phenoxy) is 1. The highest BCUT2D eigenvalue weighted by Crippen LogP contribution is 2.75. The normalized spacial score (nSPS) is 47.0. The monoisotopic (exact) mass is 496 g/mol. The summed E-state index contributed by atoms with van der Waals surface area (Å²) in [5.74, 6) is 0.690. The van der Waals surface area contributed by atoms with Crippen LogP contribution in [0.25, 0.3) is 0 Å². The van der Waals surface area contributed by atoms with E-state index in [9.17, 15) is 14.4 Å². The largest absolute Gasteiger partial charge is 0.466 e. The summed E-state index contributed by atoms with van der Waals surface area (Å²) >= 11 is 0. The fourth-order valence-corrected chi connectivity index (χ4v) is 10.4. The van der Waals surface area contributed by atoms with Crippen molar-refractivity contribution in [2.45, 2.75) is 113 Å². The first-order valence-corrected chi connectivity index (χ1v) is 14.6. The van der Waals surface area contributed by atoms with Crippen molar-refractivity contribution in [2.24, 2.45) is 50.2 Å². The lowest BCUT2D eigenvalue weighted by Crippen LogP contribution is -2.66. The van der Waals surface area contributed by atoms with E-state index in [0.29, 0.717) is 18.8 Å². The van der Waals surface area contributed by atoms with Gasteiger partial charge in [-0.3, -0.25) is 14.4 Å². The summed E-state index contributed by atoms with van der Waals surface area (Å²) in [6.07, 6.45) is 9.95. The average Bonchev–Trinajstić information content (AvgIpc) is 2.78. The first-order chi connectivity index (χ1) is 16.6. The van der Waals surface area contributed by atoms with Crippen molar-refractivity contribution < 1.29 is 19.1 Å². The Morgan fingerprint density at radius 2 is 1.61 bits per heavy atom. The molecule has 36 heavy (non-hydrogen) atoms. The summed E-state index contributed by atoms with van der Waals surface area (Å²) in [6, 6.07) is 0. The van der Waals surface area contributed by atoms with Crippen LogP contribution in [0.5, 0.6) is 0 Å². The van der Waals surface area contributed by atoms with Gasteiger partial charge in [0.15, 0.2) is 5.78 Å². The van der Waals surface area contributed by atoms with Crippen LogP contribution in [0.1, 0.15) is 113 Å². The number of hydrogen-bond acceptors (Lipinski definition) is 4. The SMILES string of the molecule is CCOC(=O)[C@]12CCC(C)(C)C[C@H]1C1C(=O)C=C3[C@@]4(C)CCC(=O)C(C)(C)[C@@H]4CC[C@@]3(C)[C@]1(C)CC2.